The highest BCUT2D eigenvalue weighted by Crippen LogP contribution is 2.18. The van der Waals surface area contributed by atoms with E-state index in [1.165, 1.54) is 12.1 Å². The van der Waals surface area contributed by atoms with E-state index in [2.05, 4.69) is 10.1 Å². The first-order valence-corrected chi connectivity index (χ1v) is 5.33. The molecule has 2 N–H and O–H groups in total. The summed E-state index contributed by atoms with van der Waals surface area (Å²) in [4.78, 5) is 22.5. The maximum atomic E-state index is 13.4. The van der Waals surface area contributed by atoms with E-state index in [1.54, 1.807) is 0 Å². The highest BCUT2D eigenvalue weighted by atomic mass is 35.5. The van der Waals surface area contributed by atoms with E-state index in [-0.39, 0.29) is 10.6 Å². The molecule has 0 bridgehead atoms. The van der Waals surface area contributed by atoms with Crippen molar-refractivity contribution in [2.24, 2.45) is 0 Å². The Morgan fingerprint density at radius 2 is 2.22 bits per heavy atom. The quantitative estimate of drug-likeness (QED) is 0.795. The summed E-state index contributed by atoms with van der Waals surface area (Å²) < 4.78 is 17.6. The molecule has 0 saturated carbocycles. The normalized spacial score (nSPS) is 11.8. The number of carbonyl (C=O) groups excluding carboxylic acids is 2. The fraction of sp³-hybridized carbons (Fsp3) is 0.273. The van der Waals surface area contributed by atoms with E-state index < -0.39 is 30.3 Å². The molecule has 1 rings (SSSR count). The largest absolute Gasteiger partial charge is 0.467 e. The molecule has 0 fully saturated rings. The van der Waals surface area contributed by atoms with E-state index in [1.807, 2.05) is 0 Å². The lowest BCUT2D eigenvalue weighted by atomic mass is 10.2. The van der Waals surface area contributed by atoms with Crippen LogP contribution in [0, 0.1) is 5.82 Å². The fourth-order valence-electron chi connectivity index (χ4n) is 1.21. The number of ether oxygens (including phenoxy) is 1. The van der Waals surface area contributed by atoms with Crippen molar-refractivity contribution in [2.45, 2.75) is 6.10 Å². The summed E-state index contributed by atoms with van der Waals surface area (Å²) in [6.45, 7) is -0.393. The molecule has 1 atom stereocenters. The van der Waals surface area contributed by atoms with Gasteiger partial charge in [-0.1, -0.05) is 17.7 Å². The molecule has 0 radical (unpaired) electrons. The molecule has 5 nitrogen and oxygen atoms in total. The second kappa shape index (κ2) is 6.32. The van der Waals surface area contributed by atoms with Gasteiger partial charge in [0.1, 0.15) is 5.82 Å². The minimum Gasteiger partial charge on any atom is -0.467 e. The predicted molar refractivity (Wildman–Crippen MR) is 61.8 cm³/mol. The summed E-state index contributed by atoms with van der Waals surface area (Å²) >= 11 is 5.67. The molecular formula is C11H11ClFNO4. The Morgan fingerprint density at radius 1 is 1.56 bits per heavy atom. The third-order valence-corrected chi connectivity index (χ3v) is 2.43. The summed E-state index contributed by atoms with van der Waals surface area (Å²) in [6, 6.07) is 3.80. The molecule has 1 unspecified atom stereocenters. The summed E-state index contributed by atoms with van der Waals surface area (Å²) in [5.74, 6) is -2.50. The lowest BCUT2D eigenvalue weighted by Crippen LogP contribution is -2.37. The molecule has 1 aromatic carbocycles. The molecule has 18 heavy (non-hydrogen) atoms. The van der Waals surface area contributed by atoms with Crippen molar-refractivity contribution >= 4 is 23.5 Å². The number of hydrogen-bond donors (Lipinski definition) is 2. The van der Waals surface area contributed by atoms with Crippen LogP contribution in [0.1, 0.15) is 10.4 Å². The van der Waals surface area contributed by atoms with Crippen LogP contribution in [-0.4, -0.2) is 36.7 Å². The number of benzene rings is 1. The van der Waals surface area contributed by atoms with Gasteiger partial charge in [-0.2, -0.15) is 0 Å². The summed E-state index contributed by atoms with van der Waals surface area (Å²) in [5.41, 5.74) is -0.337. The van der Waals surface area contributed by atoms with Crippen molar-refractivity contribution in [3.63, 3.8) is 0 Å². The minimum atomic E-state index is -1.51. The molecule has 0 aromatic heterocycles. The summed E-state index contributed by atoms with van der Waals surface area (Å²) in [5, 5.41) is 11.4. The molecule has 1 amide bonds. The molecule has 0 aliphatic rings. The third kappa shape index (κ3) is 3.41. The van der Waals surface area contributed by atoms with E-state index in [0.717, 1.165) is 13.2 Å². The van der Waals surface area contributed by atoms with Gasteiger partial charge < -0.3 is 15.2 Å². The molecule has 0 saturated heterocycles. The number of aliphatic hydroxyl groups is 1. The van der Waals surface area contributed by atoms with Gasteiger partial charge in [0.15, 0.2) is 6.10 Å². The van der Waals surface area contributed by atoms with Gasteiger partial charge >= 0.3 is 5.97 Å². The van der Waals surface area contributed by atoms with Crippen LogP contribution < -0.4 is 5.32 Å². The Bertz CT molecular complexity index is 446. The van der Waals surface area contributed by atoms with Crippen molar-refractivity contribution in [3.05, 3.63) is 34.6 Å². The third-order valence-electron chi connectivity index (χ3n) is 2.12. The molecular weight excluding hydrogens is 265 g/mol. The molecule has 0 spiro atoms. The number of esters is 1. The highest BCUT2D eigenvalue weighted by molar-refractivity contribution is 6.33. The minimum absolute atomic E-state index is 0.0555. The van der Waals surface area contributed by atoms with Crippen LogP contribution >= 0.6 is 11.6 Å². The first kappa shape index (κ1) is 14.4. The van der Waals surface area contributed by atoms with Crippen LogP contribution in [0.4, 0.5) is 4.39 Å². The number of aliphatic hydroxyl groups excluding tert-OH is 1. The van der Waals surface area contributed by atoms with Gasteiger partial charge in [0.2, 0.25) is 0 Å². The molecule has 1 aromatic rings. The van der Waals surface area contributed by atoms with Gasteiger partial charge in [0.05, 0.1) is 24.2 Å². The molecule has 7 heteroatoms. The fourth-order valence-corrected chi connectivity index (χ4v) is 1.46. The van der Waals surface area contributed by atoms with Gasteiger partial charge in [-0.25, -0.2) is 9.18 Å². The van der Waals surface area contributed by atoms with Crippen LogP contribution in [0.2, 0.25) is 5.02 Å². The number of carbonyl (C=O) groups is 2. The van der Waals surface area contributed by atoms with Crippen LogP contribution in [0.3, 0.4) is 0 Å². The average Bonchev–Trinajstić information content (AvgIpc) is 2.34. The van der Waals surface area contributed by atoms with Crippen molar-refractivity contribution in [3.8, 4) is 0 Å². The number of amides is 1. The average molecular weight is 276 g/mol. The monoisotopic (exact) mass is 275 g/mol. The molecule has 0 aliphatic carbocycles. The Labute approximate surface area is 108 Å². The van der Waals surface area contributed by atoms with E-state index in [0.29, 0.717) is 0 Å². The SMILES string of the molecule is COC(=O)C(O)CNC(=O)c1c(F)cccc1Cl. The lowest BCUT2D eigenvalue weighted by Gasteiger charge is -2.10. The Balaban J connectivity index is 2.69. The van der Waals surface area contributed by atoms with E-state index in [9.17, 15) is 19.1 Å². The number of hydrogen-bond acceptors (Lipinski definition) is 4. The molecule has 0 aliphatic heterocycles. The number of halogens is 2. The van der Waals surface area contributed by atoms with E-state index in [4.69, 9.17) is 11.6 Å². The first-order valence-electron chi connectivity index (χ1n) is 4.95. The standard InChI is InChI=1S/C11H11ClFNO4/c1-18-11(17)8(15)5-14-10(16)9-6(12)3-2-4-7(9)13/h2-4,8,15H,5H2,1H3,(H,14,16). The van der Waals surface area contributed by atoms with Crippen LogP contribution in [0.15, 0.2) is 18.2 Å². The van der Waals surface area contributed by atoms with E-state index >= 15 is 0 Å². The topological polar surface area (TPSA) is 75.6 Å². The van der Waals surface area contributed by atoms with Crippen molar-refractivity contribution in [2.75, 3.05) is 13.7 Å². The maximum Gasteiger partial charge on any atom is 0.336 e. The van der Waals surface area contributed by atoms with Gasteiger partial charge in [0.25, 0.3) is 5.91 Å². The Kier molecular flexibility index (Phi) is 5.06. The maximum absolute atomic E-state index is 13.4. The van der Waals surface area contributed by atoms with Crippen molar-refractivity contribution in [1.82, 2.24) is 5.32 Å². The number of rotatable bonds is 4. The second-order valence-electron chi connectivity index (χ2n) is 3.35. The van der Waals surface area contributed by atoms with Crippen LogP contribution in [-0.2, 0) is 9.53 Å². The zero-order valence-electron chi connectivity index (χ0n) is 9.44. The van der Waals surface area contributed by atoms with Gasteiger partial charge in [-0.05, 0) is 12.1 Å². The van der Waals surface area contributed by atoms with Crippen LogP contribution in [0.5, 0.6) is 0 Å². The zero-order chi connectivity index (χ0) is 13.7. The molecule has 0 heterocycles. The van der Waals surface area contributed by atoms with Crippen LogP contribution in [0.25, 0.3) is 0 Å². The predicted octanol–water partition coefficient (Wildman–Crippen LogP) is 0.743. The van der Waals surface area contributed by atoms with Crippen molar-refractivity contribution in [1.29, 1.82) is 0 Å². The second-order valence-corrected chi connectivity index (χ2v) is 3.75. The zero-order valence-corrected chi connectivity index (χ0v) is 10.2. The lowest BCUT2D eigenvalue weighted by molar-refractivity contribution is -0.149. The smallest absolute Gasteiger partial charge is 0.336 e. The number of nitrogens with one attached hydrogen (secondary N) is 1. The summed E-state index contributed by atoms with van der Waals surface area (Å²) in [6.07, 6.45) is -1.51. The Hall–Kier alpha value is -1.66. The summed E-state index contributed by atoms with van der Waals surface area (Å²) in [7, 11) is 1.10. The Morgan fingerprint density at radius 3 is 2.78 bits per heavy atom. The van der Waals surface area contributed by atoms with Crippen molar-refractivity contribution < 1.29 is 23.8 Å². The van der Waals surface area contributed by atoms with Gasteiger partial charge in [0, 0.05) is 0 Å². The number of methoxy groups -OCH3 is 1. The first-order chi connectivity index (χ1) is 8.47. The molecule has 98 valence electrons. The highest BCUT2D eigenvalue weighted by Gasteiger charge is 2.19. The van der Waals surface area contributed by atoms with Gasteiger partial charge in [-0.3, -0.25) is 4.79 Å². The van der Waals surface area contributed by atoms with Gasteiger partial charge in [-0.15, -0.1) is 0 Å².